The van der Waals surface area contributed by atoms with Crippen LogP contribution in [0.25, 0.3) is 0 Å². The minimum atomic E-state index is 0.124. The summed E-state index contributed by atoms with van der Waals surface area (Å²) in [4.78, 5) is 9.48. The van der Waals surface area contributed by atoms with Crippen molar-refractivity contribution in [3.63, 3.8) is 0 Å². The number of hydrogen-bond donors (Lipinski definition) is 2. The number of guanidine groups is 1. The molecular weight excluding hydrogens is 254 g/mol. The van der Waals surface area contributed by atoms with E-state index in [-0.39, 0.29) is 6.04 Å². The second-order valence-electron chi connectivity index (χ2n) is 5.86. The zero-order valence-electron chi connectivity index (χ0n) is 12.8. The molecule has 1 unspecified atom stereocenters. The Hall–Kier alpha value is -0.850. The van der Waals surface area contributed by atoms with Gasteiger partial charge in [0.1, 0.15) is 0 Å². The molecular formula is C14H29N5O. The van der Waals surface area contributed by atoms with Crippen LogP contribution in [0, 0.1) is 0 Å². The van der Waals surface area contributed by atoms with Gasteiger partial charge in [-0.2, -0.15) is 0 Å². The number of aliphatic imine (C=N–C) groups is 1. The van der Waals surface area contributed by atoms with E-state index in [9.17, 15) is 0 Å². The highest BCUT2D eigenvalue weighted by Gasteiger charge is 2.27. The Morgan fingerprint density at radius 1 is 1.30 bits per heavy atom. The van der Waals surface area contributed by atoms with Crippen molar-refractivity contribution in [3.05, 3.63) is 0 Å². The quantitative estimate of drug-likeness (QED) is 0.338. The van der Waals surface area contributed by atoms with E-state index in [0.717, 1.165) is 38.2 Å². The van der Waals surface area contributed by atoms with Crippen molar-refractivity contribution in [2.24, 2.45) is 10.8 Å². The molecule has 0 aromatic carbocycles. The van der Waals surface area contributed by atoms with Crippen molar-refractivity contribution < 1.29 is 4.74 Å². The van der Waals surface area contributed by atoms with Crippen LogP contribution in [0.1, 0.15) is 32.6 Å². The predicted octanol–water partition coefficient (Wildman–Crippen LogP) is 0.401. The van der Waals surface area contributed by atoms with Crippen molar-refractivity contribution in [1.29, 1.82) is 0 Å². The van der Waals surface area contributed by atoms with E-state index in [1.807, 2.05) is 6.92 Å². The molecule has 1 atom stereocenters. The Balaban J connectivity index is 1.84. The number of piperazine rings is 1. The third-order valence-electron chi connectivity index (χ3n) is 4.33. The molecule has 6 heteroatoms. The van der Waals surface area contributed by atoms with E-state index in [0.29, 0.717) is 6.61 Å². The first-order valence-electron chi connectivity index (χ1n) is 7.77. The first-order chi connectivity index (χ1) is 9.74. The highest BCUT2D eigenvalue weighted by molar-refractivity contribution is 5.79. The first kappa shape index (κ1) is 15.5. The summed E-state index contributed by atoms with van der Waals surface area (Å²) < 4.78 is 5.12. The van der Waals surface area contributed by atoms with Crippen molar-refractivity contribution in [2.45, 2.75) is 44.7 Å². The SMILES string of the molecule is COCC(C)N=C(NN)N1CCN(C2CCCC2)CC1. The van der Waals surface area contributed by atoms with Crippen LogP contribution in [0.5, 0.6) is 0 Å². The third-order valence-corrected chi connectivity index (χ3v) is 4.33. The van der Waals surface area contributed by atoms with Gasteiger partial charge >= 0.3 is 0 Å². The van der Waals surface area contributed by atoms with Crippen molar-refractivity contribution in [1.82, 2.24) is 15.2 Å². The molecule has 1 saturated carbocycles. The van der Waals surface area contributed by atoms with E-state index >= 15 is 0 Å². The predicted molar refractivity (Wildman–Crippen MR) is 81.5 cm³/mol. The summed E-state index contributed by atoms with van der Waals surface area (Å²) >= 11 is 0. The molecule has 0 aromatic heterocycles. The normalized spacial score (nSPS) is 24.1. The number of rotatable bonds is 4. The number of nitrogens with zero attached hydrogens (tertiary/aromatic N) is 3. The summed E-state index contributed by atoms with van der Waals surface area (Å²) in [7, 11) is 1.70. The molecule has 116 valence electrons. The smallest absolute Gasteiger partial charge is 0.208 e. The largest absolute Gasteiger partial charge is 0.382 e. The lowest BCUT2D eigenvalue weighted by Crippen LogP contribution is -2.55. The zero-order valence-corrected chi connectivity index (χ0v) is 12.8. The minimum Gasteiger partial charge on any atom is -0.382 e. The third kappa shape index (κ3) is 4.07. The number of hydrogen-bond acceptors (Lipinski definition) is 4. The van der Waals surface area contributed by atoms with Crippen LogP contribution in [-0.2, 0) is 4.74 Å². The maximum Gasteiger partial charge on any atom is 0.208 e. The molecule has 0 spiro atoms. The fourth-order valence-electron chi connectivity index (χ4n) is 3.27. The van der Waals surface area contributed by atoms with Gasteiger partial charge < -0.3 is 9.64 Å². The van der Waals surface area contributed by atoms with Crippen LogP contribution in [0.15, 0.2) is 4.99 Å². The second kappa shape index (κ2) is 7.81. The zero-order chi connectivity index (χ0) is 14.4. The van der Waals surface area contributed by atoms with Crippen LogP contribution < -0.4 is 11.3 Å². The Kier molecular flexibility index (Phi) is 6.06. The van der Waals surface area contributed by atoms with Gasteiger partial charge in [-0.05, 0) is 19.8 Å². The number of hydrazine groups is 1. The minimum absolute atomic E-state index is 0.124. The maximum absolute atomic E-state index is 5.63. The summed E-state index contributed by atoms with van der Waals surface area (Å²) in [5.41, 5.74) is 2.75. The lowest BCUT2D eigenvalue weighted by atomic mass is 10.2. The van der Waals surface area contributed by atoms with Gasteiger partial charge in [-0.25, -0.2) is 10.8 Å². The summed E-state index contributed by atoms with van der Waals surface area (Å²) in [5, 5.41) is 0. The van der Waals surface area contributed by atoms with Gasteiger partial charge in [0, 0.05) is 39.3 Å². The van der Waals surface area contributed by atoms with E-state index in [2.05, 4.69) is 20.2 Å². The molecule has 2 rings (SSSR count). The Bertz CT molecular complexity index is 309. The Morgan fingerprint density at radius 2 is 1.95 bits per heavy atom. The monoisotopic (exact) mass is 283 g/mol. The second-order valence-corrected chi connectivity index (χ2v) is 5.86. The van der Waals surface area contributed by atoms with Crippen molar-refractivity contribution >= 4 is 5.96 Å². The fraction of sp³-hybridized carbons (Fsp3) is 0.929. The van der Waals surface area contributed by atoms with Gasteiger partial charge in [0.2, 0.25) is 5.96 Å². The molecule has 6 nitrogen and oxygen atoms in total. The standard InChI is InChI=1S/C14H29N5O/c1-12(11-20-2)16-14(17-15)19-9-7-18(8-10-19)13-5-3-4-6-13/h12-13H,3-11,15H2,1-2H3,(H,16,17). The molecule has 2 fully saturated rings. The summed E-state index contributed by atoms with van der Waals surface area (Å²) in [6, 6.07) is 0.940. The molecule has 1 saturated heterocycles. The van der Waals surface area contributed by atoms with Gasteiger partial charge in [0.15, 0.2) is 0 Å². The Labute approximate surface area is 122 Å². The summed E-state index contributed by atoms with van der Waals surface area (Å²) in [6.45, 7) is 6.88. The molecule has 1 aliphatic heterocycles. The average molecular weight is 283 g/mol. The van der Waals surface area contributed by atoms with E-state index in [4.69, 9.17) is 10.6 Å². The summed E-state index contributed by atoms with van der Waals surface area (Å²) in [5.74, 6) is 6.42. The topological polar surface area (TPSA) is 66.1 Å². The van der Waals surface area contributed by atoms with Crippen LogP contribution in [0.4, 0.5) is 0 Å². The van der Waals surface area contributed by atoms with Crippen LogP contribution in [0.3, 0.4) is 0 Å². The molecule has 0 amide bonds. The number of nitrogens with two attached hydrogens (primary N) is 1. The van der Waals surface area contributed by atoms with Gasteiger partial charge in [0.25, 0.3) is 0 Å². The van der Waals surface area contributed by atoms with Crippen LogP contribution >= 0.6 is 0 Å². The molecule has 0 bridgehead atoms. The number of methoxy groups -OCH3 is 1. The van der Waals surface area contributed by atoms with E-state index in [1.165, 1.54) is 25.7 Å². The first-order valence-corrected chi connectivity index (χ1v) is 7.77. The molecule has 0 aromatic rings. The summed E-state index contributed by atoms with van der Waals surface area (Å²) in [6.07, 6.45) is 5.55. The van der Waals surface area contributed by atoms with Gasteiger partial charge in [-0.1, -0.05) is 12.8 Å². The molecule has 20 heavy (non-hydrogen) atoms. The van der Waals surface area contributed by atoms with Gasteiger partial charge in [-0.3, -0.25) is 10.3 Å². The highest BCUT2D eigenvalue weighted by atomic mass is 16.5. The van der Waals surface area contributed by atoms with Gasteiger partial charge in [-0.15, -0.1) is 0 Å². The Morgan fingerprint density at radius 3 is 2.50 bits per heavy atom. The van der Waals surface area contributed by atoms with Gasteiger partial charge in [0.05, 0.1) is 12.6 Å². The molecule has 0 radical (unpaired) electrons. The van der Waals surface area contributed by atoms with E-state index < -0.39 is 0 Å². The average Bonchev–Trinajstić information content (AvgIpc) is 2.99. The molecule has 3 N–H and O–H groups in total. The maximum atomic E-state index is 5.63. The lowest BCUT2D eigenvalue weighted by molar-refractivity contribution is 0.131. The molecule has 1 heterocycles. The molecule has 1 aliphatic carbocycles. The fourth-order valence-corrected chi connectivity index (χ4v) is 3.27. The van der Waals surface area contributed by atoms with E-state index in [1.54, 1.807) is 7.11 Å². The van der Waals surface area contributed by atoms with Crippen molar-refractivity contribution in [2.75, 3.05) is 39.9 Å². The van der Waals surface area contributed by atoms with Crippen LogP contribution in [-0.4, -0.2) is 67.7 Å². The van der Waals surface area contributed by atoms with Crippen molar-refractivity contribution in [3.8, 4) is 0 Å². The molecule has 2 aliphatic rings. The number of ether oxygens (including phenoxy) is 1. The highest BCUT2D eigenvalue weighted by Crippen LogP contribution is 2.24. The lowest BCUT2D eigenvalue weighted by Gasteiger charge is -2.39. The number of nitrogens with one attached hydrogen (secondary N) is 1. The van der Waals surface area contributed by atoms with Crippen LogP contribution in [0.2, 0.25) is 0 Å².